The van der Waals surface area contributed by atoms with Gasteiger partial charge >= 0.3 is 0 Å². The molecule has 7 heteroatoms. The van der Waals surface area contributed by atoms with Crippen molar-refractivity contribution < 1.29 is 19.0 Å². The number of hydrogen-bond donors (Lipinski definition) is 1. The van der Waals surface area contributed by atoms with Crippen LogP contribution >= 0.6 is 0 Å². The third-order valence-corrected chi connectivity index (χ3v) is 5.51. The van der Waals surface area contributed by atoms with Crippen molar-refractivity contribution in [1.82, 2.24) is 9.78 Å². The number of methoxy groups -OCH3 is 3. The molecule has 0 saturated carbocycles. The standard InChI is InChI=1S/C23H25N3O4/c1-5-14-8-6-7-9-18(14)26-23-17(13-24-26)16(12-21(27)25-23)15-10-19(28-2)22(30-4)20(11-15)29-3/h6-11,13,16H,5,12H2,1-4H3,(H,25,27). The van der Waals surface area contributed by atoms with Gasteiger partial charge in [-0.1, -0.05) is 25.1 Å². The van der Waals surface area contributed by atoms with E-state index in [0.717, 1.165) is 28.8 Å². The number of nitrogens with one attached hydrogen (secondary N) is 1. The van der Waals surface area contributed by atoms with Crippen LogP contribution in [0.15, 0.2) is 42.6 Å². The molecule has 2 heterocycles. The Hall–Kier alpha value is -3.48. The lowest BCUT2D eigenvalue weighted by Crippen LogP contribution is -2.24. The third-order valence-electron chi connectivity index (χ3n) is 5.51. The maximum absolute atomic E-state index is 12.6. The molecule has 30 heavy (non-hydrogen) atoms. The Morgan fingerprint density at radius 1 is 1.10 bits per heavy atom. The van der Waals surface area contributed by atoms with E-state index in [9.17, 15) is 4.79 Å². The van der Waals surface area contributed by atoms with E-state index >= 15 is 0 Å². The van der Waals surface area contributed by atoms with Gasteiger partial charge in [0.05, 0.1) is 33.2 Å². The van der Waals surface area contributed by atoms with E-state index in [2.05, 4.69) is 23.4 Å². The van der Waals surface area contributed by atoms with Gasteiger partial charge in [0.25, 0.3) is 0 Å². The number of rotatable bonds is 6. The summed E-state index contributed by atoms with van der Waals surface area (Å²) in [5, 5.41) is 7.63. The number of hydrogen-bond acceptors (Lipinski definition) is 5. The van der Waals surface area contributed by atoms with E-state index in [0.29, 0.717) is 29.5 Å². The van der Waals surface area contributed by atoms with Crippen molar-refractivity contribution in [2.24, 2.45) is 0 Å². The molecule has 0 fully saturated rings. The zero-order valence-corrected chi connectivity index (χ0v) is 17.6. The van der Waals surface area contributed by atoms with Gasteiger partial charge in [-0.25, -0.2) is 4.68 Å². The number of ether oxygens (including phenoxy) is 3. The van der Waals surface area contributed by atoms with Crippen molar-refractivity contribution in [1.29, 1.82) is 0 Å². The molecule has 0 bridgehead atoms. The maximum Gasteiger partial charge on any atom is 0.226 e. The van der Waals surface area contributed by atoms with E-state index in [-0.39, 0.29) is 11.8 Å². The van der Waals surface area contributed by atoms with Crippen LogP contribution in [-0.4, -0.2) is 37.0 Å². The van der Waals surface area contributed by atoms with Gasteiger partial charge in [0.1, 0.15) is 5.82 Å². The Morgan fingerprint density at radius 3 is 2.43 bits per heavy atom. The molecule has 1 N–H and O–H groups in total. The van der Waals surface area contributed by atoms with Gasteiger partial charge < -0.3 is 19.5 Å². The van der Waals surface area contributed by atoms with Gasteiger partial charge in [-0.15, -0.1) is 0 Å². The molecule has 1 atom stereocenters. The molecule has 1 amide bonds. The number of anilines is 1. The Balaban J connectivity index is 1.85. The van der Waals surface area contributed by atoms with E-state index in [1.807, 2.05) is 41.2 Å². The summed E-state index contributed by atoms with van der Waals surface area (Å²) in [5.41, 5.74) is 3.98. The van der Waals surface area contributed by atoms with Crippen molar-refractivity contribution >= 4 is 11.7 Å². The second kappa shape index (κ2) is 8.10. The first-order chi connectivity index (χ1) is 14.6. The van der Waals surface area contributed by atoms with Gasteiger partial charge in [-0.3, -0.25) is 4.79 Å². The average molecular weight is 407 g/mol. The SMILES string of the molecule is CCc1ccccc1-n1ncc2c1NC(=O)CC2c1cc(OC)c(OC)c(OC)c1. The minimum absolute atomic E-state index is 0.0584. The molecule has 2 aromatic carbocycles. The first-order valence-electron chi connectivity index (χ1n) is 9.87. The number of carbonyl (C=O) groups excluding carboxylic acids is 1. The van der Waals surface area contributed by atoms with Crippen LogP contribution in [0.4, 0.5) is 5.82 Å². The normalized spacial score (nSPS) is 15.3. The molecule has 3 aromatic rings. The Labute approximate surface area is 175 Å². The number of aromatic nitrogens is 2. The summed E-state index contributed by atoms with van der Waals surface area (Å²) in [7, 11) is 4.74. The Morgan fingerprint density at radius 2 is 1.80 bits per heavy atom. The largest absolute Gasteiger partial charge is 0.493 e. The number of benzene rings is 2. The predicted molar refractivity (Wildman–Crippen MR) is 114 cm³/mol. The molecular formula is C23H25N3O4. The van der Waals surface area contributed by atoms with Crippen molar-refractivity contribution in [2.75, 3.05) is 26.6 Å². The van der Waals surface area contributed by atoms with Crippen LogP contribution in [0.25, 0.3) is 5.69 Å². The number of nitrogens with zero attached hydrogens (tertiary/aromatic N) is 2. The minimum Gasteiger partial charge on any atom is -0.493 e. The van der Waals surface area contributed by atoms with Crippen LogP contribution in [-0.2, 0) is 11.2 Å². The molecule has 1 aliphatic heterocycles. The van der Waals surface area contributed by atoms with Crippen LogP contribution in [0.3, 0.4) is 0 Å². The quantitative estimate of drug-likeness (QED) is 0.670. The number of para-hydroxylation sites is 1. The molecule has 7 nitrogen and oxygen atoms in total. The molecule has 0 aliphatic carbocycles. The highest BCUT2D eigenvalue weighted by atomic mass is 16.5. The molecule has 0 spiro atoms. The highest BCUT2D eigenvalue weighted by Gasteiger charge is 2.32. The number of aryl methyl sites for hydroxylation is 1. The second-order valence-corrected chi connectivity index (χ2v) is 7.11. The van der Waals surface area contributed by atoms with Crippen LogP contribution in [0.2, 0.25) is 0 Å². The number of amides is 1. The maximum atomic E-state index is 12.6. The van der Waals surface area contributed by atoms with Gasteiger partial charge in [0.15, 0.2) is 11.5 Å². The zero-order valence-electron chi connectivity index (χ0n) is 17.6. The zero-order chi connectivity index (χ0) is 21.3. The summed E-state index contributed by atoms with van der Waals surface area (Å²) in [6, 6.07) is 11.9. The molecule has 1 aromatic heterocycles. The molecule has 4 rings (SSSR count). The van der Waals surface area contributed by atoms with Crippen molar-refractivity contribution in [3.63, 3.8) is 0 Å². The van der Waals surface area contributed by atoms with Gasteiger partial charge in [0.2, 0.25) is 11.7 Å². The first-order valence-corrected chi connectivity index (χ1v) is 9.87. The lowest BCUT2D eigenvalue weighted by Gasteiger charge is -2.25. The van der Waals surface area contributed by atoms with Crippen LogP contribution in [0.1, 0.15) is 36.0 Å². The Bertz CT molecular complexity index is 1060. The van der Waals surface area contributed by atoms with E-state index < -0.39 is 0 Å². The summed E-state index contributed by atoms with van der Waals surface area (Å²) in [6.45, 7) is 2.10. The van der Waals surface area contributed by atoms with E-state index in [1.54, 1.807) is 21.3 Å². The lowest BCUT2D eigenvalue weighted by atomic mass is 9.87. The summed E-state index contributed by atoms with van der Waals surface area (Å²) in [5.74, 6) is 2.11. The lowest BCUT2D eigenvalue weighted by molar-refractivity contribution is -0.116. The van der Waals surface area contributed by atoms with Crippen molar-refractivity contribution in [2.45, 2.75) is 25.7 Å². The summed E-state index contributed by atoms with van der Waals surface area (Å²) < 4.78 is 18.3. The highest BCUT2D eigenvalue weighted by molar-refractivity contribution is 5.94. The molecule has 0 radical (unpaired) electrons. The average Bonchev–Trinajstić information content (AvgIpc) is 3.20. The topological polar surface area (TPSA) is 74.6 Å². The predicted octanol–water partition coefficient (Wildman–Crippen LogP) is 3.93. The second-order valence-electron chi connectivity index (χ2n) is 7.11. The number of carbonyl (C=O) groups is 1. The smallest absolute Gasteiger partial charge is 0.226 e. The van der Waals surface area contributed by atoms with E-state index in [1.165, 1.54) is 0 Å². The van der Waals surface area contributed by atoms with Crippen molar-refractivity contribution in [3.8, 4) is 22.9 Å². The monoisotopic (exact) mass is 407 g/mol. The molecule has 0 saturated heterocycles. The van der Waals surface area contributed by atoms with Gasteiger partial charge in [-0.2, -0.15) is 5.10 Å². The fourth-order valence-electron chi connectivity index (χ4n) is 4.02. The molecular weight excluding hydrogens is 382 g/mol. The van der Waals surface area contributed by atoms with E-state index in [4.69, 9.17) is 14.2 Å². The number of fused-ring (bicyclic) bond motifs is 1. The Kier molecular flexibility index (Phi) is 5.35. The summed E-state index contributed by atoms with van der Waals surface area (Å²) >= 11 is 0. The van der Waals surface area contributed by atoms with Crippen molar-refractivity contribution in [3.05, 3.63) is 59.3 Å². The molecule has 156 valence electrons. The fourth-order valence-corrected chi connectivity index (χ4v) is 4.02. The van der Waals surface area contributed by atoms with Gasteiger partial charge in [-0.05, 0) is 35.7 Å². The molecule has 1 aliphatic rings. The fraction of sp³-hybridized carbons (Fsp3) is 0.304. The third kappa shape index (κ3) is 3.26. The van der Waals surface area contributed by atoms with Crippen LogP contribution < -0.4 is 19.5 Å². The van der Waals surface area contributed by atoms with Gasteiger partial charge in [0, 0.05) is 17.9 Å². The van der Waals surface area contributed by atoms with Crippen LogP contribution in [0.5, 0.6) is 17.2 Å². The molecule has 1 unspecified atom stereocenters. The highest BCUT2D eigenvalue weighted by Crippen LogP contribution is 2.45. The van der Waals surface area contributed by atoms with Crippen LogP contribution in [0, 0.1) is 0 Å². The summed E-state index contributed by atoms with van der Waals surface area (Å²) in [6.07, 6.45) is 3.01. The minimum atomic E-state index is -0.176. The first kappa shape index (κ1) is 19.8. The summed E-state index contributed by atoms with van der Waals surface area (Å²) in [4.78, 5) is 12.6.